The minimum absolute atomic E-state index is 0.334. The molecule has 1 saturated heterocycles. The summed E-state index contributed by atoms with van der Waals surface area (Å²) in [6, 6.07) is 7.89. The molecule has 18 heavy (non-hydrogen) atoms. The SMILES string of the molecule is CCOC1CCCN(C(C)c2cccc(O)c2)C1. The van der Waals surface area contributed by atoms with Gasteiger partial charge in [-0.05, 0) is 50.9 Å². The molecule has 1 heterocycles. The average molecular weight is 249 g/mol. The van der Waals surface area contributed by atoms with Crippen LogP contribution in [0.3, 0.4) is 0 Å². The van der Waals surface area contributed by atoms with Gasteiger partial charge in [0.25, 0.3) is 0 Å². The van der Waals surface area contributed by atoms with Crippen molar-refractivity contribution in [2.24, 2.45) is 0 Å². The molecule has 0 radical (unpaired) electrons. The van der Waals surface area contributed by atoms with Crippen molar-refractivity contribution in [3.8, 4) is 5.75 Å². The maximum atomic E-state index is 9.55. The van der Waals surface area contributed by atoms with Crippen LogP contribution in [0.4, 0.5) is 0 Å². The van der Waals surface area contributed by atoms with Crippen LogP contribution < -0.4 is 0 Å². The summed E-state index contributed by atoms with van der Waals surface area (Å²) in [5, 5.41) is 9.55. The second kappa shape index (κ2) is 6.21. The van der Waals surface area contributed by atoms with Gasteiger partial charge in [0, 0.05) is 19.2 Å². The van der Waals surface area contributed by atoms with Gasteiger partial charge in [0.15, 0.2) is 0 Å². The van der Waals surface area contributed by atoms with Gasteiger partial charge in [-0.1, -0.05) is 12.1 Å². The maximum absolute atomic E-state index is 9.55. The first-order valence-corrected chi connectivity index (χ1v) is 6.85. The number of rotatable bonds is 4. The van der Waals surface area contributed by atoms with Crippen molar-refractivity contribution in [3.63, 3.8) is 0 Å². The summed E-state index contributed by atoms with van der Waals surface area (Å²) in [6.07, 6.45) is 2.72. The molecule has 1 N–H and O–H groups in total. The number of hydrogen-bond acceptors (Lipinski definition) is 3. The van der Waals surface area contributed by atoms with E-state index in [9.17, 15) is 5.11 Å². The number of phenols is 1. The van der Waals surface area contributed by atoms with E-state index in [1.165, 1.54) is 12.0 Å². The van der Waals surface area contributed by atoms with Crippen LogP contribution in [0, 0.1) is 0 Å². The quantitative estimate of drug-likeness (QED) is 0.890. The summed E-state index contributed by atoms with van der Waals surface area (Å²) >= 11 is 0. The van der Waals surface area contributed by atoms with Crippen molar-refractivity contribution in [1.82, 2.24) is 4.90 Å². The zero-order chi connectivity index (χ0) is 13.0. The molecule has 0 aliphatic carbocycles. The van der Waals surface area contributed by atoms with E-state index in [0.29, 0.717) is 17.9 Å². The van der Waals surface area contributed by atoms with Crippen LogP contribution in [0.15, 0.2) is 24.3 Å². The molecule has 0 saturated carbocycles. The van der Waals surface area contributed by atoms with Crippen molar-refractivity contribution in [1.29, 1.82) is 0 Å². The van der Waals surface area contributed by atoms with Crippen LogP contribution in [0.2, 0.25) is 0 Å². The lowest BCUT2D eigenvalue weighted by atomic mass is 10.0. The predicted molar refractivity (Wildman–Crippen MR) is 72.7 cm³/mol. The third-order valence-electron chi connectivity index (χ3n) is 3.71. The highest BCUT2D eigenvalue weighted by molar-refractivity contribution is 5.29. The van der Waals surface area contributed by atoms with Crippen LogP contribution in [-0.2, 0) is 4.74 Å². The highest BCUT2D eigenvalue weighted by Crippen LogP contribution is 2.26. The zero-order valence-corrected chi connectivity index (χ0v) is 11.3. The second-order valence-electron chi connectivity index (χ2n) is 4.99. The molecular weight excluding hydrogens is 226 g/mol. The van der Waals surface area contributed by atoms with Gasteiger partial charge in [-0.25, -0.2) is 0 Å². The number of aromatic hydroxyl groups is 1. The number of piperidine rings is 1. The monoisotopic (exact) mass is 249 g/mol. The third-order valence-corrected chi connectivity index (χ3v) is 3.71. The molecule has 0 spiro atoms. The summed E-state index contributed by atoms with van der Waals surface area (Å²) in [5.74, 6) is 0.345. The molecular formula is C15H23NO2. The van der Waals surface area contributed by atoms with Crippen molar-refractivity contribution in [2.45, 2.75) is 38.8 Å². The van der Waals surface area contributed by atoms with Gasteiger partial charge in [-0.15, -0.1) is 0 Å². The Hall–Kier alpha value is -1.06. The molecule has 2 atom stereocenters. The molecule has 2 unspecified atom stereocenters. The fraction of sp³-hybridized carbons (Fsp3) is 0.600. The molecule has 1 fully saturated rings. The van der Waals surface area contributed by atoms with Gasteiger partial charge >= 0.3 is 0 Å². The van der Waals surface area contributed by atoms with E-state index in [1.54, 1.807) is 6.07 Å². The van der Waals surface area contributed by atoms with Crippen molar-refractivity contribution < 1.29 is 9.84 Å². The first-order valence-electron chi connectivity index (χ1n) is 6.85. The van der Waals surface area contributed by atoms with Crippen molar-refractivity contribution >= 4 is 0 Å². The van der Waals surface area contributed by atoms with Gasteiger partial charge in [-0.3, -0.25) is 4.90 Å². The molecule has 0 bridgehead atoms. The standard InChI is InChI=1S/C15H23NO2/c1-3-18-15-8-5-9-16(11-15)12(2)13-6-4-7-14(17)10-13/h4,6-7,10,12,15,17H,3,5,8-9,11H2,1-2H3. The second-order valence-corrected chi connectivity index (χ2v) is 4.99. The Morgan fingerprint density at radius 2 is 2.33 bits per heavy atom. The fourth-order valence-electron chi connectivity index (χ4n) is 2.69. The van der Waals surface area contributed by atoms with Gasteiger partial charge in [-0.2, -0.15) is 0 Å². The van der Waals surface area contributed by atoms with Crippen LogP contribution in [0.25, 0.3) is 0 Å². The van der Waals surface area contributed by atoms with E-state index in [0.717, 1.165) is 26.1 Å². The Morgan fingerprint density at radius 1 is 1.50 bits per heavy atom. The van der Waals surface area contributed by atoms with E-state index < -0.39 is 0 Å². The minimum atomic E-state index is 0.334. The Labute approximate surface area is 109 Å². The summed E-state index contributed by atoms with van der Waals surface area (Å²) in [7, 11) is 0. The molecule has 1 aliphatic heterocycles. The molecule has 2 rings (SSSR count). The Kier molecular flexibility index (Phi) is 4.61. The van der Waals surface area contributed by atoms with Gasteiger partial charge < -0.3 is 9.84 Å². The lowest BCUT2D eigenvalue weighted by Crippen LogP contribution is -2.41. The van der Waals surface area contributed by atoms with Crippen molar-refractivity contribution in [3.05, 3.63) is 29.8 Å². The van der Waals surface area contributed by atoms with Gasteiger partial charge in [0.05, 0.1) is 6.10 Å². The zero-order valence-electron chi connectivity index (χ0n) is 11.3. The van der Waals surface area contributed by atoms with Crippen LogP contribution in [-0.4, -0.2) is 35.8 Å². The minimum Gasteiger partial charge on any atom is -0.508 e. The number of likely N-dealkylation sites (tertiary alicyclic amines) is 1. The van der Waals surface area contributed by atoms with Gasteiger partial charge in [0.1, 0.15) is 5.75 Å². The van der Waals surface area contributed by atoms with Crippen LogP contribution in [0.1, 0.15) is 38.3 Å². The summed E-state index contributed by atoms with van der Waals surface area (Å²) < 4.78 is 5.73. The highest BCUT2D eigenvalue weighted by Gasteiger charge is 2.24. The maximum Gasteiger partial charge on any atom is 0.115 e. The first kappa shape index (κ1) is 13.4. The van der Waals surface area contributed by atoms with E-state index in [1.807, 2.05) is 12.1 Å². The van der Waals surface area contributed by atoms with E-state index in [4.69, 9.17) is 4.74 Å². The van der Waals surface area contributed by atoms with E-state index in [-0.39, 0.29) is 0 Å². The lowest BCUT2D eigenvalue weighted by molar-refractivity contribution is -0.00539. The number of benzene rings is 1. The molecule has 0 aromatic heterocycles. The average Bonchev–Trinajstić information content (AvgIpc) is 2.39. The van der Waals surface area contributed by atoms with Gasteiger partial charge in [0.2, 0.25) is 0 Å². The largest absolute Gasteiger partial charge is 0.508 e. The molecule has 100 valence electrons. The molecule has 1 aromatic rings. The number of ether oxygens (including phenoxy) is 1. The number of nitrogens with zero attached hydrogens (tertiary/aromatic N) is 1. The number of phenolic OH excluding ortho intramolecular Hbond substituents is 1. The van der Waals surface area contributed by atoms with Crippen LogP contribution in [0.5, 0.6) is 5.75 Å². The number of hydrogen-bond donors (Lipinski definition) is 1. The summed E-state index contributed by atoms with van der Waals surface area (Å²) in [4.78, 5) is 2.44. The Morgan fingerprint density at radius 3 is 3.06 bits per heavy atom. The van der Waals surface area contributed by atoms with E-state index >= 15 is 0 Å². The Bertz CT molecular complexity index is 379. The first-order chi connectivity index (χ1) is 8.70. The topological polar surface area (TPSA) is 32.7 Å². The highest BCUT2D eigenvalue weighted by atomic mass is 16.5. The lowest BCUT2D eigenvalue weighted by Gasteiger charge is -2.36. The van der Waals surface area contributed by atoms with E-state index in [2.05, 4.69) is 24.8 Å². The summed E-state index contributed by atoms with van der Waals surface area (Å²) in [5.41, 5.74) is 1.17. The molecule has 0 amide bonds. The predicted octanol–water partition coefficient (Wildman–Crippen LogP) is 2.95. The molecule has 3 heteroatoms. The molecule has 1 aromatic carbocycles. The normalized spacial score (nSPS) is 22.9. The van der Waals surface area contributed by atoms with Crippen molar-refractivity contribution in [2.75, 3.05) is 19.7 Å². The molecule has 1 aliphatic rings. The summed E-state index contributed by atoms with van der Waals surface area (Å²) in [6.45, 7) is 7.14. The van der Waals surface area contributed by atoms with Crippen LogP contribution >= 0.6 is 0 Å². The Balaban J connectivity index is 2.02. The third kappa shape index (κ3) is 3.24. The smallest absolute Gasteiger partial charge is 0.115 e. The fourth-order valence-corrected chi connectivity index (χ4v) is 2.69. The molecule has 3 nitrogen and oxygen atoms in total.